The van der Waals surface area contributed by atoms with Gasteiger partial charge in [-0.15, -0.1) is 0 Å². The number of aliphatic carboxylic acids is 1. The molecule has 21 heavy (non-hydrogen) atoms. The second kappa shape index (κ2) is 7.08. The van der Waals surface area contributed by atoms with Crippen molar-refractivity contribution in [1.29, 1.82) is 0 Å². The number of hydrogen-bond acceptors (Lipinski definition) is 3. The van der Waals surface area contributed by atoms with Crippen molar-refractivity contribution in [3.8, 4) is 0 Å². The molecule has 0 aromatic heterocycles. The summed E-state index contributed by atoms with van der Waals surface area (Å²) < 4.78 is 0. The van der Waals surface area contributed by atoms with E-state index in [2.05, 4.69) is 5.32 Å². The Morgan fingerprint density at radius 1 is 1.29 bits per heavy atom. The van der Waals surface area contributed by atoms with E-state index in [0.717, 1.165) is 12.8 Å². The number of nitrogens with zero attached hydrogens (tertiary/aromatic N) is 1. The number of nitrogens with one attached hydrogen (secondary N) is 1. The summed E-state index contributed by atoms with van der Waals surface area (Å²) in [5, 5.41) is 21.3. The molecular formula is C15H20N2O4. The molecule has 2 amide bonds. The van der Waals surface area contributed by atoms with Gasteiger partial charge in [0.25, 0.3) is 0 Å². The Labute approximate surface area is 123 Å². The van der Waals surface area contributed by atoms with Gasteiger partial charge in [-0.1, -0.05) is 30.3 Å². The molecule has 0 spiro atoms. The van der Waals surface area contributed by atoms with Crippen LogP contribution in [0, 0.1) is 0 Å². The van der Waals surface area contributed by atoms with Gasteiger partial charge >= 0.3 is 12.0 Å². The van der Waals surface area contributed by atoms with Crippen LogP contribution >= 0.6 is 0 Å². The summed E-state index contributed by atoms with van der Waals surface area (Å²) in [6.07, 6.45) is 0.962. The van der Waals surface area contributed by atoms with Gasteiger partial charge in [0, 0.05) is 19.5 Å². The highest BCUT2D eigenvalue weighted by molar-refractivity contribution is 5.83. The van der Waals surface area contributed by atoms with Gasteiger partial charge in [0.05, 0.1) is 6.10 Å². The van der Waals surface area contributed by atoms with E-state index in [9.17, 15) is 14.7 Å². The highest BCUT2D eigenvalue weighted by Crippen LogP contribution is 2.18. The van der Waals surface area contributed by atoms with Crippen molar-refractivity contribution in [3.63, 3.8) is 0 Å². The standard InChI is InChI=1S/C15H20N2O4/c18-12-9-13(14(19)20)17(10-12)15(21)16-8-4-7-11-5-2-1-3-6-11/h1-3,5-6,12-13,18H,4,7-10H2,(H,16,21)(H,19,20)/t12-,13+/m1/s1. The van der Waals surface area contributed by atoms with Crippen LogP contribution in [0.15, 0.2) is 30.3 Å². The highest BCUT2D eigenvalue weighted by atomic mass is 16.4. The van der Waals surface area contributed by atoms with E-state index in [4.69, 9.17) is 5.11 Å². The van der Waals surface area contributed by atoms with Crippen LogP contribution in [-0.2, 0) is 11.2 Å². The number of carbonyl (C=O) groups excluding carboxylic acids is 1. The molecule has 1 fully saturated rings. The minimum atomic E-state index is -1.08. The molecule has 2 rings (SSSR count). The third-order valence-corrected chi connectivity index (χ3v) is 3.59. The number of hydrogen-bond donors (Lipinski definition) is 3. The third-order valence-electron chi connectivity index (χ3n) is 3.59. The second-order valence-corrected chi connectivity index (χ2v) is 5.22. The number of carboxylic acid groups (broad SMARTS) is 1. The van der Waals surface area contributed by atoms with E-state index >= 15 is 0 Å². The number of urea groups is 1. The summed E-state index contributed by atoms with van der Waals surface area (Å²) in [6, 6.07) is 8.59. The number of aliphatic hydroxyl groups excluding tert-OH is 1. The number of benzene rings is 1. The highest BCUT2D eigenvalue weighted by Gasteiger charge is 2.38. The fourth-order valence-electron chi connectivity index (χ4n) is 2.51. The van der Waals surface area contributed by atoms with Gasteiger partial charge in [-0.2, -0.15) is 0 Å². The smallest absolute Gasteiger partial charge is 0.326 e. The first-order valence-corrected chi connectivity index (χ1v) is 7.07. The Hall–Kier alpha value is -2.08. The summed E-state index contributed by atoms with van der Waals surface area (Å²) in [5.41, 5.74) is 1.20. The SMILES string of the molecule is O=C(O)[C@@H]1C[C@@H](O)CN1C(=O)NCCCc1ccccc1. The van der Waals surface area contributed by atoms with Crippen LogP contribution in [0.2, 0.25) is 0 Å². The Morgan fingerprint density at radius 2 is 2.00 bits per heavy atom. The van der Waals surface area contributed by atoms with Crippen LogP contribution < -0.4 is 5.32 Å². The topological polar surface area (TPSA) is 89.9 Å². The fraction of sp³-hybridized carbons (Fsp3) is 0.467. The van der Waals surface area contributed by atoms with Crippen molar-refractivity contribution < 1.29 is 19.8 Å². The van der Waals surface area contributed by atoms with E-state index in [1.54, 1.807) is 0 Å². The molecule has 0 saturated carbocycles. The van der Waals surface area contributed by atoms with Crippen LogP contribution in [0.5, 0.6) is 0 Å². The first-order valence-electron chi connectivity index (χ1n) is 7.07. The average molecular weight is 292 g/mol. The zero-order valence-electron chi connectivity index (χ0n) is 11.7. The fourth-order valence-corrected chi connectivity index (χ4v) is 2.51. The summed E-state index contributed by atoms with van der Waals surface area (Å²) in [5.74, 6) is -1.08. The largest absolute Gasteiger partial charge is 0.480 e. The zero-order valence-corrected chi connectivity index (χ0v) is 11.7. The summed E-state index contributed by atoms with van der Waals surface area (Å²) in [4.78, 5) is 24.2. The van der Waals surface area contributed by atoms with E-state index < -0.39 is 24.1 Å². The van der Waals surface area contributed by atoms with Crippen molar-refractivity contribution in [2.75, 3.05) is 13.1 Å². The van der Waals surface area contributed by atoms with Gasteiger partial charge < -0.3 is 20.4 Å². The first kappa shape index (κ1) is 15.3. The molecule has 0 bridgehead atoms. The van der Waals surface area contributed by atoms with Gasteiger partial charge in [0.2, 0.25) is 0 Å². The number of aryl methyl sites for hydroxylation is 1. The predicted molar refractivity (Wildman–Crippen MR) is 76.9 cm³/mol. The van der Waals surface area contributed by atoms with Crippen LogP contribution in [0.1, 0.15) is 18.4 Å². The van der Waals surface area contributed by atoms with Gasteiger partial charge in [0.1, 0.15) is 6.04 Å². The number of likely N-dealkylation sites (tertiary alicyclic amines) is 1. The molecule has 0 aliphatic carbocycles. The molecule has 1 heterocycles. The van der Waals surface area contributed by atoms with Crippen molar-refractivity contribution >= 4 is 12.0 Å². The Kier molecular flexibility index (Phi) is 5.16. The van der Waals surface area contributed by atoms with Crippen molar-refractivity contribution in [2.45, 2.75) is 31.4 Å². The molecule has 1 aromatic carbocycles. The molecule has 0 radical (unpaired) electrons. The van der Waals surface area contributed by atoms with Crippen molar-refractivity contribution in [2.24, 2.45) is 0 Å². The third kappa shape index (κ3) is 4.19. The summed E-state index contributed by atoms with van der Waals surface area (Å²) >= 11 is 0. The Bertz CT molecular complexity index is 492. The maximum absolute atomic E-state index is 12.0. The van der Waals surface area contributed by atoms with E-state index in [0.29, 0.717) is 6.54 Å². The maximum Gasteiger partial charge on any atom is 0.326 e. The normalized spacial score (nSPS) is 21.3. The first-order chi connectivity index (χ1) is 10.1. The number of carbonyl (C=O) groups is 2. The molecule has 1 aromatic rings. The molecule has 1 saturated heterocycles. The molecule has 114 valence electrons. The zero-order chi connectivity index (χ0) is 15.2. The van der Waals surface area contributed by atoms with Gasteiger partial charge in [-0.3, -0.25) is 0 Å². The molecule has 1 aliphatic rings. The Balaban J connectivity index is 1.75. The minimum Gasteiger partial charge on any atom is -0.480 e. The van der Waals surface area contributed by atoms with Crippen LogP contribution in [0.3, 0.4) is 0 Å². The molecule has 6 heteroatoms. The van der Waals surface area contributed by atoms with Crippen LogP contribution in [0.25, 0.3) is 0 Å². The lowest BCUT2D eigenvalue weighted by Crippen LogP contribution is -2.46. The number of amides is 2. The number of aliphatic hydroxyl groups is 1. The van der Waals surface area contributed by atoms with Gasteiger partial charge in [-0.05, 0) is 18.4 Å². The maximum atomic E-state index is 12.0. The molecule has 2 atom stereocenters. The summed E-state index contributed by atoms with van der Waals surface area (Å²) in [7, 11) is 0. The monoisotopic (exact) mass is 292 g/mol. The van der Waals surface area contributed by atoms with Gasteiger partial charge in [0.15, 0.2) is 0 Å². The van der Waals surface area contributed by atoms with E-state index in [-0.39, 0.29) is 13.0 Å². The quantitative estimate of drug-likeness (QED) is 0.702. The van der Waals surface area contributed by atoms with Crippen LogP contribution in [-0.4, -0.2) is 52.3 Å². The predicted octanol–water partition coefficient (Wildman–Crippen LogP) is 0.849. The average Bonchev–Trinajstić information content (AvgIpc) is 2.87. The lowest BCUT2D eigenvalue weighted by Gasteiger charge is -2.21. The lowest BCUT2D eigenvalue weighted by atomic mass is 10.1. The number of rotatable bonds is 5. The molecule has 3 N–H and O–H groups in total. The molecule has 6 nitrogen and oxygen atoms in total. The number of carboxylic acids is 1. The minimum absolute atomic E-state index is 0.0709. The van der Waals surface area contributed by atoms with Gasteiger partial charge in [-0.25, -0.2) is 9.59 Å². The lowest BCUT2D eigenvalue weighted by molar-refractivity contribution is -0.141. The van der Waals surface area contributed by atoms with Crippen molar-refractivity contribution in [1.82, 2.24) is 10.2 Å². The summed E-state index contributed by atoms with van der Waals surface area (Å²) in [6.45, 7) is 0.550. The number of β-amino-alcohol motifs (C(OH)–C–C–N with tert-alkyl or cyclic N) is 1. The Morgan fingerprint density at radius 3 is 2.67 bits per heavy atom. The van der Waals surface area contributed by atoms with Crippen molar-refractivity contribution in [3.05, 3.63) is 35.9 Å². The van der Waals surface area contributed by atoms with Crippen LogP contribution in [0.4, 0.5) is 4.79 Å². The molecular weight excluding hydrogens is 272 g/mol. The van der Waals surface area contributed by atoms with E-state index in [1.807, 2.05) is 30.3 Å². The second-order valence-electron chi connectivity index (χ2n) is 5.22. The molecule has 1 aliphatic heterocycles. The molecule has 0 unspecified atom stereocenters. The van der Waals surface area contributed by atoms with E-state index in [1.165, 1.54) is 10.5 Å².